The number of nitrogens with zero attached hydrogens (tertiary/aromatic N) is 1. The molecular weight excluding hydrogens is 311 g/mol. The number of halogens is 2. The van der Waals surface area contributed by atoms with E-state index in [0.29, 0.717) is 16.6 Å². The van der Waals surface area contributed by atoms with Crippen molar-refractivity contribution < 1.29 is 9.59 Å². The fraction of sp³-hybridized carbons (Fsp3) is 0.467. The first-order valence-corrected chi connectivity index (χ1v) is 7.77. The topological polar surface area (TPSA) is 49.4 Å². The smallest absolute Gasteiger partial charge is 0.246 e. The lowest BCUT2D eigenvalue weighted by molar-refractivity contribution is -0.149. The van der Waals surface area contributed by atoms with E-state index in [1.807, 2.05) is 0 Å². The monoisotopic (exact) mass is 326 g/mol. The van der Waals surface area contributed by atoms with Gasteiger partial charge in [0.2, 0.25) is 11.8 Å². The molecule has 2 aliphatic rings. The standard InChI is InChI=1S/C15H16Cl2N2O2/c1-8-14(20)18-13(9-2-3-9)15(21)19(8)7-10-4-5-11(16)6-12(10)17/h4-6,8-9,13H,2-3,7H2,1H3,(H,18,20). The van der Waals surface area contributed by atoms with Gasteiger partial charge in [0.15, 0.2) is 0 Å². The fourth-order valence-electron chi connectivity index (χ4n) is 2.64. The maximum Gasteiger partial charge on any atom is 0.246 e. The highest BCUT2D eigenvalue weighted by molar-refractivity contribution is 6.35. The number of hydrogen-bond donors (Lipinski definition) is 1. The zero-order valence-electron chi connectivity index (χ0n) is 11.6. The molecule has 1 saturated heterocycles. The highest BCUT2D eigenvalue weighted by atomic mass is 35.5. The van der Waals surface area contributed by atoms with Crippen molar-refractivity contribution in [2.45, 2.75) is 38.4 Å². The molecule has 0 aromatic heterocycles. The van der Waals surface area contributed by atoms with E-state index in [9.17, 15) is 9.59 Å². The summed E-state index contributed by atoms with van der Waals surface area (Å²) in [5.41, 5.74) is 0.797. The number of hydrogen-bond acceptors (Lipinski definition) is 2. The highest BCUT2D eigenvalue weighted by Crippen LogP contribution is 2.35. The van der Waals surface area contributed by atoms with Crippen molar-refractivity contribution in [3.63, 3.8) is 0 Å². The molecule has 112 valence electrons. The number of piperazine rings is 1. The van der Waals surface area contributed by atoms with Crippen LogP contribution in [0.1, 0.15) is 25.3 Å². The Kier molecular flexibility index (Phi) is 3.84. The molecule has 2 unspecified atom stereocenters. The SMILES string of the molecule is CC1C(=O)NC(C2CC2)C(=O)N1Cc1ccc(Cl)cc1Cl. The van der Waals surface area contributed by atoms with Gasteiger partial charge >= 0.3 is 0 Å². The second-order valence-corrected chi connectivity index (χ2v) is 6.55. The van der Waals surface area contributed by atoms with Crippen LogP contribution in [0.5, 0.6) is 0 Å². The van der Waals surface area contributed by atoms with Gasteiger partial charge in [-0.25, -0.2) is 0 Å². The van der Waals surface area contributed by atoms with E-state index in [4.69, 9.17) is 23.2 Å². The Morgan fingerprint density at radius 1 is 1.29 bits per heavy atom. The van der Waals surface area contributed by atoms with Gasteiger partial charge < -0.3 is 10.2 Å². The normalized spacial score (nSPS) is 26.0. The minimum atomic E-state index is -0.487. The third kappa shape index (κ3) is 2.87. The first kappa shape index (κ1) is 14.7. The molecule has 1 heterocycles. The Balaban J connectivity index is 1.84. The number of carbonyl (C=O) groups excluding carboxylic acids is 2. The van der Waals surface area contributed by atoms with E-state index in [0.717, 1.165) is 18.4 Å². The molecular formula is C15H16Cl2N2O2. The maximum atomic E-state index is 12.6. The Hall–Kier alpha value is -1.26. The van der Waals surface area contributed by atoms with E-state index in [2.05, 4.69) is 5.32 Å². The number of carbonyl (C=O) groups is 2. The molecule has 3 rings (SSSR count). The summed E-state index contributed by atoms with van der Waals surface area (Å²) >= 11 is 12.1. The molecule has 1 saturated carbocycles. The predicted molar refractivity (Wildman–Crippen MR) is 81.1 cm³/mol. The summed E-state index contributed by atoms with van der Waals surface area (Å²) < 4.78 is 0. The fourth-order valence-corrected chi connectivity index (χ4v) is 3.11. The molecule has 0 radical (unpaired) electrons. The summed E-state index contributed by atoms with van der Waals surface area (Å²) in [6, 6.07) is 4.32. The molecule has 4 nitrogen and oxygen atoms in total. The third-order valence-corrected chi connectivity index (χ3v) is 4.73. The molecule has 2 atom stereocenters. The quantitative estimate of drug-likeness (QED) is 0.928. The number of rotatable bonds is 3. The summed E-state index contributed by atoms with van der Waals surface area (Å²) in [6.45, 7) is 2.06. The van der Waals surface area contributed by atoms with Crippen molar-refractivity contribution in [2.24, 2.45) is 5.92 Å². The molecule has 2 fully saturated rings. The average molecular weight is 327 g/mol. The molecule has 1 N–H and O–H groups in total. The average Bonchev–Trinajstić information content (AvgIpc) is 3.25. The molecule has 6 heteroatoms. The van der Waals surface area contributed by atoms with Crippen LogP contribution in [0, 0.1) is 5.92 Å². The van der Waals surface area contributed by atoms with E-state index in [1.54, 1.807) is 30.0 Å². The van der Waals surface area contributed by atoms with Gasteiger partial charge in [-0.1, -0.05) is 29.3 Å². The Morgan fingerprint density at radius 3 is 2.62 bits per heavy atom. The largest absolute Gasteiger partial charge is 0.342 e. The zero-order valence-corrected chi connectivity index (χ0v) is 13.1. The van der Waals surface area contributed by atoms with Crippen LogP contribution in [0.2, 0.25) is 10.0 Å². The summed E-state index contributed by atoms with van der Waals surface area (Å²) in [5, 5.41) is 3.89. The van der Waals surface area contributed by atoms with Crippen molar-refractivity contribution in [3.8, 4) is 0 Å². The van der Waals surface area contributed by atoms with E-state index in [1.165, 1.54) is 0 Å². The van der Waals surface area contributed by atoms with Gasteiger partial charge in [0.1, 0.15) is 12.1 Å². The van der Waals surface area contributed by atoms with Crippen molar-refractivity contribution >= 4 is 35.0 Å². The van der Waals surface area contributed by atoms with Crippen molar-refractivity contribution in [1.82, 2.24) is 10.2 Å². The number of nitrogens with one attached hydrogen (secondary N) is 1. The van der Waals surface area contributed by atoms with Gasteiger partial charge in [0.05, 0.1) is 0 Å². The minimum Gasteiger partial charge on any atom is -0.342 e. The molecule has 1 aliphatic carbocycles. The van der Waals surface area contributed by atoms with Gasteiger partial charge in [0.25, 0.3) is 0 Å². The highest BCUT2D eigenvalue weighted by Gasteiger charge is 2.45. The van der Waals surface area contributed by atoms with Gasteiger partial charge in [-0.05, 0) is 43.4 Å². The van der Waals surface area contributed by atoms with Crippen molar-refractivity contribution in [2.75, 3.05) is 0 Å². The van der Waals surface area contributed by atoms with Crippen LogP contribution < -0.4 is 5.32 Å². The lowest BCUT2D eigenvalue weighted by atomic mass is 10.0. The molecule has 0 spiro atoms. The van der Waals surface area contributed by atoms with Crippen molar-refractivity contribution in [3.05, 3.63) is 33.8 Å². The van der Waals surface area contributed by atoms with E-state index >= 15 is 0 Å². The van der Waals surface area contributed by atoms with E-state index < -0.39 is 6.04 Å². The van der Waals surface area contributed by atoms with Gasteiger partial charge in [0, 0.05) is 16.6 Å². The van der Waals surface area contributed by atoms with Gasteiger partial charge in [-0.3, -0.25) is 9.59 Å². The lowest BCUT2D eigenvalue weighted by Gasteiger charge is -2.37. The zero-order chi connectivity index (χ0) is 15.1. The summed E-state index contributed by atoms with van der Waals surface area (Å²) in [6.07, 6.45) is 2.00. The molecule has 1 aromatic carbocycles. The number of benzene rings is 1. The Labute approximate surface area is 133 Å². The van der Waals surface area contributed by atoms with Crippen LogP contribution in [0.25, 0.3) is 0 Å². The summed E-state index contributed by atoms with van der Waals surface area (Å²) in [7, 11) is 0. The Morgan fingerprint density at radius 2 is 2.00 bits per heavy atom. The molecule has 1 aromatic rings. The van der Waals surface area contributed by atoms with Crippen LogP contribution in [-0.4, -0.2) is 28.8 Å². The minimum absolute atomic E-state index is 0.0179. The van der Waals surface area contributed by atoms with E-state index in [-0.39, 0.29) is 23.8 Å². The summed E-state index contributed by atoms with van der Waals surface area (Å²) in [4.78, 5) is 26.3. The van der Waals surface area contributed by atoms with Crippen LogP contribution in [0.15, 0.2) is 18.2 Å². The maximum absolute atomic E-state index is 12.6. The third-order valence-electron chi connectivity index (χ3n) is 4.14. The second kappa shape index (κ2) is 5.50. The first-order valence-electron chi connectivity index (χ1n) is 7.02. The van der Waals surface area contributed by atoms with Gasteiger partial charge in [-0.15, -0.1) is 0 Å². The summed E-state index contributed by atoms with van der Waals surface area (Å²) in [5.74, 6) is 0.171. The predicted octanol–water partition coefficient (Wildman–Crippen LogP) is 2.62. The van der Waals surface area contributed by atoms with Crippen LogP contribution in [-0.2, 0) is 16.1 Å². The molecule has 2 amide bonds. The second-order valence-electron chi connectivity index (χ2n) is 5.70. The van der Waals surface area contributed by atoms with Gasteiger partial charge in [-0.2, -0.15) is 0 Å². The van der Waals surface area contributed by atoms with Crippen LogP contribution in [0.3, 0.4) is 0 Å². The van der Waals surface area contributed by atoms with Crippen molar-refractivity contribution in [1.29, 1.82) is 0 Å². The molecule has 1 aliphatic heterocycles. The molecule has 0 bridgehead atoms. The lowest BCUT2D eigenvalue weighted by Crippen LogP contribution is -2.62. The first-order chi connectivity index (χ1) is 9.97. The molecule has 21 heavy (non-hydrogen) atoms. The number of amides is 2. The Bertz CT molecular complexity index is 601. The van der Waals surface area contributed by atoms with Crippen LogP contribution >= 0.6 is 23.2 Å². The van der Waals surface area contributed by atoms with Crippen LogP contribution in [0.4, 0.5) is 0 Å².